The molecule has 0 radical (unpaired) electrons. The Morgan fingerprint density at radius 1 is 0.962 bits per heavy atom. The van der Waals surface area contributed by atoms with Gasteiger partial charge in [0.1, 0.15) is 0 Å². The van der Waals surface area contributed by atoms with E-state index in [1.165, 1.54) is 4.90 Å². The molecule has 0 bridgehead atoms. The number of amides is 3. The minimum atomic E-state index is -0.0894. The monoisotopic (exact) mass is 356 g/mol. The van der Waals surface area contributed by atoms with Crippen LogP contribution >= 0.6 is 0 Å². The summed E-state index contributed by atoms with van der Waals surface area (Å²) in [5.41, 5.74) is 1.01. The van der Waals surface area contributed by atoms with Crippen molar-refractivity contribution in [2.45, 2.75) is 51.1 Å². The Morgan fingerprint density at radius 2 is 1.69 bits per heavy atom. The molecule has 140 valence electrons. The van der Waals surface area contributed by atoms with Crippen molar-refractivity contribution in [3.63, 3.8) is 0 Å². The van der Waals surface area contributed by atoms with Crippen LogP contribution in [0.25, 0.3) is 0 Å². The van der Waals surface area contributed by atoms with E-state index in [0.717, 1.165) is 63.8 Å². The number of hydrogen-bond acceptors (Lipinski definition) is 3. The van der Waals surface area contributed by atoms with Crippen molar-refractivity contribution in [1.82, 2.24) is 9.80 Å². The summed E-state index contributed by atoms with van der Waals surface area (Å²) in [6.07, 6.45) is 6.09. The number of imide groups is 1. The number of fused-ring (bicyclic) bond motifs is 1. The highest BCUT2D eigenvalue weighted by Crippen LogP contribution is 2.36. The molecule has 2 aliphatic heterocycles. The van der Waals surface area contributed by atoms with Crippen LogP contribution in [0.5, 0.6) is 0 Å². The Morgan fingerprint density at radius 3 is 2.46 bits per heavy atom. The third kappa shape index (κ3) is 3.50. The number of carbonyl (C=O) groups excluding carboxylic acids is 2. The molecule has 26 heavy (non-hydrogen) atoms. The summed E-state index contributed by atoms with van der Waals surface area (Å²) in [7, 11) is 0. The summed E-state index contributed by atoms with van der Waals surface area (Å²) < 4.78 is 5.47. The lowest BCUT2D eigenvalue weighted by molar-refractivity contribution is -0.141. The van der Waals surface area contributed by atoms with E-state index >= 15 is 0 Å². The summed E-state index contributed by atoms with van der Waals surface area (Å²) in [5, 5.41) is 0. The fourth-order valence-corrected chi connectivity index (χ4v) is 4.70. The molecule has 1 aliphatic carbocycles. The van der Waals surface area contributed by atoms with Gasteiger partial charge in [-0.1, -0.05) is 43.2 Å². The second kappa shape index (κ2) is 7.78. The number of ether oxygens (including phenoxy) is 1. The molecule has 0 N–H and O–H groups in total. The van der Waals surface area contributed by atoms with Crippen LogP contribution in [0.1, 0.15) is 44.1 Å². The number of hydrogen-bond donors (Lipinski definition) is 0. The van der Waals surface area contributed by atoms with Gasteiger partial charge >= 0.3 is 6.03 Å². The summed E-state index contributed by atoms with van der Waals surface area (Å²) in [6, 6.07) is 9.84. The largest absolute Gasteiger partial charge is 0.381 e. The lowest BCUT2D eigenvalue weighted by Gasteiger charge is -2.48. The molecule has 0 spiro atoms. The van der Waals surface area contributed by atoms with E-state index in [4.69, 9.17) is 4.74 Å². The second-order valence-electron chi connectivity index (χ2n) is 7.86. The van der Waals surface area contributed by atoms with E-state index < -0.39 is 0 Å². The van der Waals surface area contributed by atoms with Crippen LogP contribution in [0.4, 0.5) is 4.79 Å². The quantitative estimate of drug-likeness (QED) is 0.830. The first kappa shape index (κ1) is 17.5. The van der Waals surface area contributed by atoms with E-state index in [9.17, 15) is 9.59 Å². The van der Waals surface area contributed by atoms with Gasteiger partial charge in [0.2, 0.25) is 5.91 Å². The highest BCUT2D eigenvalue weighted by atomic mass is 16.5. The van der Waals surface area contributed by atoms with Gasteiger partial charge in [-0.15, -0.1) is 0 Å². The van der Waals surface area contributed by atoms with E-state index in [1.807, 2.05) is 35.2 Å². The zero-order valence-corrected chi connectivity index (χ0v) is 15.3. The lowest BCUT2D eigenvalue weighted by atomic mass is 9.80. The minimum Gasteiger partial charge on any atom is -0.381 e. The first-order chi connectivity index (χ1) is 12.7. The molecule has 2 saturated heterocycles. The van der Waals surface area contributed by atoms with E-state index in [-0.39, 0.29) is 23.9 Å². The van der Waals surface area contributed by atoms with Crippen LogP contribution in [-0.2, 0) is 16.1 Å². The van der Waals surface area contributed by atoms with Crippen molar-refractivity contribution >= 4 is 11.9 Å². The summed E-state index contributed by atoms with van der Waals surface area (Å²) in [6.45, 7) is 2.72. The van der Waals surface area contributed by atoms with Gasteiger partial charge in [0.05, 0.1) is 12.5 Å². The Balaban J connectivity index is 1.56. The van der Waals surface area contributed by atoms with Crippen molar-refractivity contribution in [2.24, 2.45) is 11.8 Å². The van der Waals surface area contributed by atoms with Gasteiger partial charge in [0.15, 0.2) is 0 Å². The molecule has 1 aromatic rings. The normalized spacial score (nSPS) is 27.5. The molecule has 5 heteroatoms. The standard InChI is InChI=1S/C21H28N2O3/c24-20-18-8-4-5-9-19(18)22(14-17-10-12-26-13-11-17)21(25)23(20)15-16-6-2-1-3-7-16/h1-3,6-7,17-19H,4-5,8-15H2. The molecular formula is C21H28N2O3. The maximum Gasteiger partial charge on any atom is 0.327 e. The predicted molar refractivity (Wildman–Crippen MR) is 98.4 cm³/mol. The van der Waals surface area contributed by atoms with Crippen LogP contribution in [0, 0.1) is 11.8 Å². The third-order valence-corrected chi connectivity index (χ3v) is 6.17. The Kier molecular flexibility index (Phi) is 5.25. The van der Waals surface area contributed by atoms with Gasteiger partial charge in [-0.25, -0.2) is 4.79 Å². The molecule has 3 aliphatic rings. The lowest BCUT2D eigenvalue weighted by Crippen LogP contribution is -2.63. The average Bonchev–Trinajstić information content (AvgIpc) is 2.70. The van der Waals surface area contributed by atoms with Gasteiger partial charge < -0.3 is 9.64 Å². The summed E-state index contributed by atoms with van der Waals surface area (Å²) in [5.74, 6) is 0.499. The minimum absolute atomic E-state index is 0.0231. The number of rotatable bonds is 4. The van der Waals surface area contributed by atoms with Crippen molar-refractivity contribution in [2.75, 3.05) is 19.8 Å². The van der Waals surface area contributed by atoms with E-state index in [1.54, 1.807) is 0 Å². The first-order valence-corrected chi connectivity index (χ1v) is 9.97. The van der Waals surface area contributed by atoms with E-state index in [2.05, 4.69) is 0 Å². The Hall–Kier alpha value is -1.88. The van der Waals surface area contributed by atoms with Crippen LogP contribution in [0.15, 0.2) is 30.3 Å². The Labute approximate surface area is 155 Å². The number of benzene rings is 1. The zero-order chi connectivity index (χ0) is 17.9. The first-order valence-electron chi connectivity index (χ1n) is 9.97. The molecule has 3 amide bonds. The van der Waals surface area contributed by atoms with Crippen molar-refractivity contribution < 1.29 is 14.3 Å². The van der Waals surface area contributed by atoms with Crippen molar-refractivity contribution in [3.8, 4) is 0 Å². The van der Waals surface area contributed by atoms with Crippen LogP contribution in [0.2, 0.25) is 0 Å². The predicted octanol–water partition coefficient (Wildman–Crippen LogP) is 3.44. The molecule has 0 aromatic heterocycles. The second-order valence-corrected chi connectivity index (χ2v) is 7.86. The van der Waals surface area contributed by atoms with Crippen molar-refractivity contribution in [1.29, 1.82) is 0 Å². The maximum atomic E-state index is 13.3. The van der Waals surface area contributed by atoms with Crippen LogP contribution < -0.4 is 0 Å². The molecule has 4 rings (SSSR count). The molecule has 3 fully saturated rings. The van der Waals surface area contributed by atoms with Gasteiger partial charge in [0.25, 0.3) is 0 Å². The number of nitrogens with zero attached hydrogens (tertiary/aromatic N) is 2. The molecule has 1 aromatic carbocycles. The van der Waals surface area contributed by atoms with Crippen LogP contribution in [-0.4, -0.2) is 47.5 Å². The van der Waals surface area contributed by atoms with Gasteiger partial charge in [-0.3, -0.25) is 9.69 Å². The Bertz CT molecular complexity index is 642. The van der Waals surface area contributed by atoms with Gasteiger partial charge in [-0.2, -0.15) is 0 Å². The fraction of sp³-hybridized carbons (Fsp3) is 0.619. The highest BCUT2D eigenvalue weighted by Gasteiger charge is 2.47. The topological polar surface area (TPSA) is 49.9 Å². The summed E-state index contributed by atoms with van der Waals surface area (Å²) in [4.78, 5) is 29.9. The molecular weight excluding hydrogens is 328 g/mol. The SMILES string of the molecule is O=C1C2CCCCC2N(CC2CCOCC2)C(=O)N1Cc1ccccc1. The molecule has 5 nitrogen and oxygen atoms in total. The van der Waals surface area contributed by atoms with E-state index in [0.29, 0.717) is 12.5 Å². The van der Waals surface area contributed by atoms with Gasteiger partial charge in [-0.05, 0) is 37.2 Å². The molecule has 2 atom stereocenters. The molecule has 1 saturated carbocycles. The molecule has 2 heterocycles. The van der Waals surface area contributed by atoms with Gasteiger partial charge in [0, 0.05) is 25.8 Å². The third-order valence-electron chi connectivity index (χ3n) is 6.17. The number of carbonyl (C=O) groups is 2. The maximum absolute atomic E-state index is 13.3. The highest BCUT2D eigenvalue weighted by molar-refractivity contribution is 5.98. The number of urea groups is 1. The van der Waals surface area contributed by atoms with Crippen molar-refractivity contribution in [3.05, 3.63) is 35.9 Å². The molecule has 2 unspecified atom stereocenters. The summed E-state index contributed by atoms with van der Waals surface area (Å²) >= 11 is 0. The zero-order valence-electron chi connectivity index (χ0n) is 15.3. The average molecular weight is 356 g/mol. The van der Waals surface area contributed by atoms with Crippen LogP contribution in [0.3, 0.4) is 0 Å². The smallest absolute Gasteiger partial charge is 0.327 e. The fourth-order valence-electron chi connectivity index (χ4n) is 4.70.